The number of carbonyl (C=O) groups is 2. The zero-order chi connectivity index (χ0) is 9.23. The van der Waals surface area contributed by atoms with E-state index in [0.717, 1.165) is 19.1 Å². The molecule has 0 aliphatic carbocycles. The average molecular weight is 170 g/mol. The fourth-order valence-electron chi connectivity index (χ4n) is 0.700. The Bertz CT molecular complexity index is 161. The van der Waals surface area contributed by atoms with Gasteiger partial charge in [-0.1, -0.05) is 12.2 Å². The van der Waals surface area contributed by atoms with Gasteiger partial charge < -0.3 is 9.53 Å². The topological polar surface area (TPSA) is 43.4 Å². The highest BCUT2D eigenvalue weighted by molar-refractivity contribution is 5.70. The van der Waals surface area contributed by atoms with Crippen LogP contribution in [0.25, 0.3) is 0 Å². The quantitative estimate of drug-likeness (QED) is 0.262. The van der Waals surface area contributed by atoms with E-state index in [1.807, 2.05) is 6.08 Å². The Balaban J connectivity index is 3.25. The lowest BCUT2D eigenvalue weighted by Crippen LogP contribution is -1.96. The van der Waals surface area contributed by atoms with Crippen LogP contribution in [0, 0.1) is 0 Å². The largest absolute Gasteiger partial charge is 0.469 e. The Hall–Kier alpha value is -1.12. The third-order valence-corrected chi connectivity index (χ3v) is 1.37. The molecule has 0 heterocycles. The molecule has 0 amide bonds. The molecule has 0 saturated heterocycles. The number of hydrogen-bond acceptors (Lipinski definition) is 3. The van der Waals surface area contributed by atoms with Crippen LogP contribution in [0.5, 0.6) is 0 Å². The van der Waals surface area contributed by atoms with Crippen LogP contribution in [0.1, 0.15) is 25.7 Å². The second-order valence-electron chi connectivity index (χ2n) is 2.35. The van der Waals surface area contributed by atoms with Crippen molar-refractivity contribution in [3.05, 3.63) is 12.2 Å². The van der Waals surface area contributed by atoms with Crippen LogP contribution in [-0.2, 0) is 14.3 Å². The summed E-state index contributed by atoms with van der Waals surface area (Å²) < 4.78 is 4.43. The van der Waals surface area contributed by atoms with Crippen molar-refractivity contribution in [1.82, 2.24) is 0 Å². The highest BCUT2D eigenvalue weighted by Crippen LogP contribution is 1.95. The lowest BCUT2D eigenvalue weighted by atomic mass is 10.2. The molecule has 0 aliphatic rings. The molecule has 0 radical (unpaired) electrons. The van der Waals surface area contributed by atoms with Crippen LogP contribution in [0.3, 0.4) is 0 Å². The number of unbranched alkanes of at least 4 members (excludes halogenated alkanes) is 2. The second-order valence-corrected chi connectivity index (χ2v) is 2.35. The molecule has 0 aliphatic heterocycles. The first-order valence-corrected chi connectivity index (χ1v) is 3.96. The monoisotopic (exact) mass is 170 g/mol. The van der Waals surface area contributed by atoms with E-state index in [1.165, 1.54) is 7.11 Å². The van der Waals surface area contributed by atoms with Crippen LogP contribution >= 0.6 is 0 Å². The molecule has 0 atom stereocenters. The van der Waals surface area contributed by atoms with E-state index >= 15 is 0 Å². The molecule has 0 saturated carbocycles. The van der Waals surface area contributed by atoms with E-state index in [1.54, 1.807) is 6.08 Å². The lowest BCUT2D eigenvalue weighted by Gasteiger charge is -1.91. The zero-order valence-electron chi connectivity index (χ0n) is 7.29. The Morgan fingerprint density at radius 2 is 2.08 bits per heavy atom. The molecular formula is C9H14O3. The van der Waals surface area contributed by atoms with Crippen LogP contribution in [0.4, 0.5) is 0 Å². The van der Waals surface area contributed by atoms with E-state index < -0.39 is 0 Å². The summed E-state index contributed by atoms with van der Waals surface area (Å²) in [6.07, 6.45) is 7.14. The third-order valence-electron chi connectivity index (χ3n) is 1.37. The van der Waals surface area contributed by atoms with Gasteiger partial charge in [-0.2, -0.15) is 0 Å². The van der Waals surface area contributed by atoms with Gasteiger partial charge in [0.2, 0.25) is 0 Å². The Morgan fingerprint density at radius 1 is 1.33 bits per heavy atom. The Labute approximate surface area is 72.4 Å². The van der Waals surface area contributed by atoms with E-state index in [2.05, 4.69) is 4.74 Å². The second kappa shape index (κ2) is 7.98. The summed E-state index contributed by atoms with van der Waals surface area (Å²) in [6.45, 7) is 0. The molecule has 3 nitrogen and oxygen atoms in total. The first-order valence-electron chi connectivity index (χ1n) is 3.96. The van der Waals surface area contributed by atoms with Crippen molar-refractivity contribution >= 4 is 12.3 Å². The summed E-state index contributed by atoms with van der Waals surface area (Å²) in [7, 11) is 1.36. The summed E-state index contributed by atoms with van der Waals surface area (Å²) in [5.41, 5.74) is 0. The minimum atomic E-state index is -0.235. The van der Waals surface area contributed by atoms with Crippen molar-refractivity contribution in [1.29, 1.82) is 0 Å². The molecule has 0 aromatic rings. The zero-order valence-corrected chi connectivity index (χ0v) is 7.29. The average Bonchev–Trinajstić information content (AvgIpc) is 2.10. The molecule has 0 fully saturated rings. The molecular weight excluding hydrogens is 156 g/mol. The van der Waals surface area contributed by atoms with E-state index in [-0.39, 0.29) is 5.97 Å². The van der Waals surface area contributed by atoms with Crippen LogP contribution in [-0.4, -0.2) is 19.4 Å². The van der Waals surface area contributed by atoms with Crippen molar-refractivity contribution in [2.75, 3.05) is 7.11 Å². The minimum Gasteiger partial charge on any atom is -0.469 e. The summed E-state index contributed by atoms with van der Waals surface area (Å²) in [5.74, 6) is -0.235. The van der Waals surface area contributed by atoms with Gasteiger partial charge in [0.05, 0.1) is 13.5 Å². The van der Waals surface area contributed by atoms with Crippen molar-refractivity contribution < 1.29 is 14.3 Å². The SMILES string of the molecule is COC(=O)C/C=C/CCCC=O. The van der Waals surface area contributed by atoms with Gasteiger partial charge in [-0.05, 0) is 12.8 Å². The van der Waals surface area contributed by atoms with Crippen molar-refractivity contribution in [3.63, 3.8) is 0 Å². The summed E-state index contributed by atoms with van der Waals surface area (Å²) in [6, 6.07) is 0. The van der Waals surface area contributed by atoms with Crippen LogP contribution in [0.2, 0.25) is 0 Å². The maximum atomic E-state index is 10.6. The summed E-state index contributed by atoms with van der Waals surface area (Å²) in [5, 5.41) is 0. The molecule has 0 aromatic heterocycles. The predicted molar refractivity (Wildman–Crippen MR) is 45.7 cm³/mol. The Morgan fingerprint density at radius 3 is 2.67 bits per heavy atom. The third kappa shape index (κ3) is 6.99. The van der Waals surface area contributed by atoms with Gasteiger partial charge in [0.1, 0.15) is 6.29 Å². The number of methoxy groups -OCH3 is 1. The first kappa shape index (κ1) is 10.9. The van der Waals surface area contributed by atoms with E-state index in [0.29, 0.717) is 12.8 Å². The predicted octanol–water partition coefficient (Wildman–Crippen LogP) is 1.47. The Kier molecular flexibility index (Phi) is 7.24. The normalized spacial score (nSPS) is 10.1. The number of esters is 1. The minimum absolute atomic E-state index is 0.235. The number of rotatable bonds is 6. The van der Waals surface area contributed by atoms with Crippen molar-refractivity contribution in [3.8, 4) is 0 Å². The number of hydrogen-bond donors (Lipinski definition) is 0. The fourth-order valence-corrected chi connectivity index (χ4v) is 0.700. The maximum Gasteiger partial charge on any atom is 0.309 e. The number of allylic oxidation sites excluding steroid dienone is 1. The highest BCUT2D eigenvalue weighted by atomic mass is 16.5. The maximum absolute atomic E-state index is 10.6. The van der Waals surface area contributed by atoms with Gasteiger partial charge >= 0.3 is 5.97 Å². The van der Waals surface area contributed by atoms with E-state index in [9.17, 15) is 9.59 Å². The van der Waals surface area contributed by atoms with Gasteiger partial charge in [0.15, 0.2) is 0 Å². The smallest absolute Gasteiger partial charge is 0.309 e. The fraction of sp³-hybridized carbons (Fsp3) is 0.556. The molecule has 12 heavy (non-hydrogen) atoms. The number of ether oxygens (including phenoxy) is 1. The molecule has 0 bridgehead atoms. The van der Waals surface area contributed by atoms with Gasteiger partial charge in [-0.25, -0.2) is 0 Å². The van der Waals surface area contributed by atoms with Crippen LogP contribution < -0.4 is 0 Å². The summed E-state index contributed by atoms with van der Waals surface area (Å²) >= 11 is 0. The highest BCUT2D eigenvalue weighted by Gasteiger charge is 1.92. The van der Waals surface area contributed by atoms with Gasteiger partial charge in [-0.15, -0.1) is 0 Å². The standard InChI is InChI=1S/C9H14O3/c1-12-9(11)7-5-3-2-4-6-8-10/h3,5,8H,2,4,6-7H2,1H3/b5-3+. The van der Waals surface area contributed by atoms with Crippen molar-refractivity contribution in [2.24, 2.45) is 0 Å². The van der Waals surface area contributed by atoms with E-state index in [4.69, 9.17) is 0 Å². The van der Waals surface area contributed by atoms with Gasteiger partial charge in [0.25, 0.3) is 0 Å². The molecule has 0 aromatic carbocycles. The molecule has 0 spiro atoms. The number of aldehydes is 1. The first-order chi connectivity index (χ1) is 5.81. The lowest BCUT2D eigenvalue weighted by molar-refractivity contribution is -0.139. The van der Waals surface area contributed by atoms with Crippen molar-refractivity contribution in [2.45, 2.75) is 25.7 Å². The van der Waals surface area contributed by atoms with Crippen LogP contribution in [0.15, 0.2) is 12.2 Å². The molecule has 0 unspecified atom stereocenters. The molecule has 0 N–H and O–H groups in total. The molecule has 68 valence electrons. The summed E-state index contributed by atoms with van der Waals surface area (Å²) in [4.78, 5) is 20.5. The molecule has 3 heteroatoms. The molecule has 0 rings (SSSR count). The van der Waals surface area contributed by atoms with Gasteiger partial charge in [0, 0.05) is 6.42 Å². The van der Waals surface area contributed by atoms with Gasteiger partial charge in [-0.3, -0.25) is 4.79 Å². The number of carbonyl (C=O) groups excluding carboxylic acids is 2.